The lowest BCUT2D eigenvalue weighted by Gasteiger charge is -2.50. The normalized spacial score (nSPS) is 26.6. The topological polar surface area (TPSA) is 46.0 Å². The zero-order valence-electron chi connectivity index (χ0n) is 13.9. The van der Waals surface area contributed by atoms with E-state index in [1.54, 1.807) is 4.68 Å². The molecule has 21 heavy (non-hydrogen) atoms. The fourth-order valence-electron chi connectivity index (χ4n) is 4.08. The molecular formula is C16H29N5. The number of nitrogens with zero attached hydrogens (tertiary/aromatic N) is 4. The van der Waals surface area contributed by atoms with Crippen LogP contribution in [0.3, 0.4) is 0 Å². The highest BCUT2D eigenvalue weighted by atomic mass is 15.4. The monoisotopic (exact) mass is 291 g/mol. The molecule has 1 N–H and O–H groups in total. The van der Waals surface area contributed by atoms with Gasteiger partial charge in [-0.2, -0.15) is 0 Å². The molecule has 1 aromatic rings. The van der Waals surface area contributed by atoms with Gasteiger partial charge < -0.3 is 5.32 Å². The van der Waals surface area contributed by atoms with E-state index in [4.69, 9.17) is 0 Å². The van der Waals surface area contributed by atoms with Gasteiger partial charge in [0, 0.05) is 44.5 Å². The molecule has 1 aromatic heterocycles. The van der Waals surface area contributed by atoms with E-state index in [0.717, 1.165) is 25.3 Å². The highest BCUT2D eigenvalue weighted by Gasteiger charge is 2.44. The third kappa shape index (κ3) is 3.14. The van der Waals surface area contributed by atoms with E-state index in [0.29, 0.717) is 11.6 Å². The first-order chi connectivity index (χ1) is 9.88. The Morgan fingerprint density at radius 2 is 2.05 bits per heavy atom. The molecule has 118 valence electrons. The minimum absolute atomic E-state index is 0.273. The predicted octanol–water partition coefficient (Wildman–Crippen LogP) is 1.95. The van der Waals surface area contributed by atoms with Crippen molar-refractivity contribution in [2.75, 3.05) is 13.1 Å². The number of piperazine rings is 1. The second-order valence-electron chi connectivity index (χ2n) is 8.04. The van der Waals surface area contributed by atoms with Crippen LogP contribution in [0, 0.1) is 5.41 Å². The average molecular weight is 291 g/mol. The third-order valence-electron chi connectivity index (χ3n) is 5.19. The molecule has 0 amide bonds. The quantitative estimate of drug-likeness (QED) is 0.904. The van der Waals surface area contributed by atoms with E-state index in [1.165, 1.54) is 25.7 Å². The van der Waals surface area contributed by atoms with Gasteiger partial charge in [0.05, 0.1) is 5.69 Å². The summed E-state index contributed by atoms with van der Waals surface area (Å²) in [4.78, 5) is 2.64. The van der Waals surface area contributed by atoms with Crippen LogP contribution < -0.4 is 5.32 Å². The molecular weight excluding hydrogens is 262 g/mol. The van der Waals surface area contributed by atoms with E-state index in [1.807, 2.05) is 13.2 Å². The summed E-state index contributed by atoms with van der Waals surface area (Å²) in [5.74, 6) is 0. The van der Waals surface area contributed by atoms with Crippen LogP contribution in [0.15, 0.2) is 6.20 Å². The highest BCUT2D eigenvalue weighted by molar-refractivity contribution is 5.05. The lowest BCUT2D eigenvalue weighted by molar-refractivity contribution is 0.0171. The van der Waals surface area contributed by atoms with E-state index >= 15 is 0 Å². The van der Waals surface area contributed by atoms with Gasteiger partial charge in [-0.05, 0) is 18.3 Å². The van der Waals surface area contributed by atoms with Crippen LogP contribution >= 0.6 is 0 Å². The summed E-state index contributed by atoms with van der Waals surface area (Å²) in [6, 6.07) is 0.547. The minimum atomic E-state index is 0.273. The van der Waals surface area contributed by atoms with Gasteiger partial charge in [0.1, 0.15) is 0 Å². The van der Waals surface area contributed by atoms with E-state index < -0.39 is 0 Å². The van der Waals surface area contributed by atoms with Gasteiger partial charge in [0.15, 0.2) is 0 Å². The van der Waals surface area contributed by atoms with Crippen molar-refractivity contribution >= 4 is 0 Å². The maximum Gasteiger partial charge on any atom is 0.0967 e. The molecule has 1 aliphatic heterocycles. The Morgan fingerprint density at radius 3 is 2.62 bits per heavy atom. The third-order valence-corrected chi connectivity index (χ3v) is 5.19. The van der Waals surface area contributed by atoms with Crippen molar-refractivity contribution in [2.24, 2.45) is 12.5 Å². The molecule has 2 heterocycles. The van der Waals surface area contributed by atoms with Crippen molar-refractivity contribution in [2.45, 2.75) is 64.6 Å². The number of hydrogen-bond donors (Lipinski definition) is 1. The van der Waals surface area contributed by atoms with Gasteiger partial charge in [0.25, 0.3) is 0 Å². The Bertz CT molecular complexity index is 481. The fourth-order valence-corrected chi connectivity index (χ4v) is 4.08. The molecule has 3 rings (SSSR count). The first kappa shape index (κ1) is 15.0. The number of aromatic nitrogens is 3. The molecule has 1 saturated carbocycles. The van der Waals surface area contributed by atoms with Gasteiger partial charge in [-0.15, -0.1) is 5.10 Å². The molecule has 1 aliphatic carbocycles. The van der Waals surface area contributed by atoms with Crippen molar-refractivity contribution in [3.8, 4) is 0 Å². The van der Waals surface area contributed by atoms with Crippen molar-refractivity contribution < 1.29 is 0 Å². The van der Waals surface area contributed by atoms with Crippen LogP contribution in [0.25, 0.3) is 0 Å². The van der Waals surface area contributed by atoms with Crippen molar-refractivity contribution in [3.63, 3.8) is 0 Å². The van der Waals surface area contributed by atoms with Crippen LogP contribution in [0.1, 0.15) is 52.1 Å². The number of nitrogens with one attached hydrogen (secondary N) is 1. The Kier molecular flexibility index (Phi) is 3.82. The van der Waals surface area contributed by atoms with Crippen molar-refractivity contribution in [1.82, 2.24) is 25.2 Å². The van der Waals surface area contributed by atoms with Crippen molar-refractivity contribution in [3.05, 3.63) is 11.9 Å². The summed E-state index contributed by atoms with van der Waals surface area (Å²) in [6.45, 7) is 10.2. The predicted molar refractivity (Wildman–Crippen MR) is 83.9 cm³/mol. The first-order valence-corrected chi connectivity index (χ1v) is 8.22. The summed E-state index contributed by atoms with van der Waals surface area (Å²) >= 11 is 0. The highest BCUT2D eigenvalue weighted by Crippen LogP contribution is 2.37. The molecule has 1 atom stereocenters. The second-order valence-corrected chi connectivity index (χ2v) is 8.04. The molecule has 1 unspecified atom stereocenters. The van der Waals surface area contributed by atoms with E-state index in [-0.39, 0.29) is 5.41 Å². The average Bonchev–Trinajstić information content (AvgIpc) is 2.98. The van der Waals surface area contributed by atoms with E-state index in [9.17, 15) is 0 Å². The molecule has 1 saturated heterocycles. The van der Waals surface area contributed by atoms with Gasteiger partial charge in [-0.25, -0.2) is 0 Å². The number of aryl methyl sites for hydroxylation is 1. The van der Waals surface area contributed by atoms with Gasteiger partial charge in [-0.1, -0.05) is 38.8 Å². The molecule has 5 nitrogen and oxygen atoms in total. The molecule has 5 heteroatoms. The van der Waals surface area contributed by atoms with E-state index in [2.05, 4.69) is 41.3 Å². The molecule has 0 bridgehead atoms. The van der Waals surface area contributed by atoms with Crippen LogP contribution in [0.5, 0.6) is 0 Å². The molecule has 2 aliphatic rings. The summed E-state index contributed by atoms with van der Waals surface area (Å²) < 4.78 is 1.80. The smallest absolute Gasteiger partial charge is 0.0967 e. The van der Waals surface area contributed by atoms with Gasteiger partial charge in [0.2, 0.25) is 0 Å². The molecule has 0 aromatic carbocycles. The molecule has 2 fully saturated rings. The largest absolute Gasteiger partial charge is 0.308 e. The summed E-state index contributed by atoms with van der Waals surface area (Å²) in [5.41, 5.74) is 1.71. The maximum atomic E-state index is 4.29. The second kappa shape index (κ2) is 5.36. The fraction of sp³-hybridized carbons (Fsp3) is 0.875. The Morgan fingerprint density at radius 1 is 1.33 bits per heavy atom. The lowest BCUT2D eigenvalue weighted by Crippen LogP contribution is -2.65. The zero-order chi connectivity index (χ0) is 15.1. The molecule has 0 radical (unpaired) electrons. The summed E-state index contributed by atoms with van der Waals surface area (Å²) in [7, 11) is 1.94. The minimum Gasteiger partial charge on any atom is -0.308 e. The SMILES string of the molecule is Cn1cc(CN2CC3(CCCC3)NCC2C(C)(C)C)nn1. The lowest BCUT2D eigenvalue weighted by atomic mass is 9.81. The summed E-state index contributed by atoms with van der Waals surface area (Å²) in [5, 5.41) is 12.3. The van der Waals surface area contributed by atoms with Crippen LogP contribution in [0.2, 0.25) is 0 Å². The summed E-state index contributed by atoms with van der Waals surface area (Å²) in [6.07, 6.45) is 7.42. The van der Waals surface area contributed by atoms with Crippen LogP contribution in [-0.4, -0.2) is 44.6 Å². The van der Waals surface area contributed by atoms with Crippen LogP contribution in [-0.2, 0) is 13.6 Å². The maximum absolute atomic E-state index is 4.29. The van der Waals surface area contributed by atoms with Gasteiger partial charge in [-0.3, -0.25) is 9.58 Å². The molecule has 1 spiro atoms. The van der Waals surface area contributed by atoms with Crippen LogP contribution in [0.4, 0.5) is 0 Å². The Hall–Kier alpha value is -0.940. The van der Waals surface area contributed by atoms with Crippen molar-refractivity contribution in [1.29, 1.82) is 0 Å². The number of hydrogen-bond acceptors (Lipinski definition) is 4. The first-order valence-electron chi connectivity index (χ1n) is 8.22. The number of rotatable bonds is 2. The standard InChI is InChI=1S/C16H29N5/c1-15(2,3)14-9-17-16(7-5-6-8-16)12-21(14)11-13-10-20(4)19-18-13/h10,14,17H,5-9,11-12H2,1-4H3. The Balaban J connectivity index is 1.79. The van der Waals surface area contributed by atoms with Gasteiger partial charge >= 0.3 is 0 Å². The zero-order valence-corrected chi connectivity index (χ0v) is 13.9. The Labute approximate surface area is 128 Å².